The van der Waals surface area contributed by atoms with E-state index in [-0.39, 0.29) is 11.7 Å². The Morgan fingerprint density at radius 3 is 2.70 bits per heavy atom. The van der Waals surface area contributed by atoms with Crippen molar-refractivity contribution in [1.82, 2.24) is 4.98 Å². The molecule has 0 bridgehead atoms. The number of rotatable bonds is 5. The van der Waals surface area contributed by atoms with E-state index in [2.05, 4.69) is 4.98 Å². The lowest BCUT2D eigenvalue weighted by Crippen LogP contribution is -2.10. The summed E-state index contributed by atoms with van der Waals surface area (Å²) in [6, 6.07) is 13.4. The van der Waals surface area contributed by atoms with E-state index in [0.717, 1.165) is 22.2 Å². The quantitative estimate of drug-likeness (QED) is 0.673. The molecule has 3 aromatic rings. The van der Waals surface area contributed by atoms with Crippen LogP contribution in [0.25, 0.3) is 11.1 Å². The second-order valence-corrected chi connectivity index (χ2v) is 6.38. The average Bonchev–Trinajstić information content (AvgIpc) is 2.92. The Kier molecular flexibility index (Phi) is 4.49. The third kappa shape index (κ3) is 3.62. The van der Waals surface area contributed by atoms with Crippen LogP contribution < -0.4 is 0 Å². The lowest BCUT2D eigenvalue weighted by atomic mass is 9.99. The van der Waals surface area contributed by atoms with Crippen molar-refractivity contribution in [2.45, 2.75) is 26.7 Å². The van der Waals surface area contributed by atoms with Crippen LogP contribution in [0, 0.1) is 5.92 Å². The van der Waals surface area contributed by atoms with Gasteiger partial charge in [0.1, 0.15) is 11.3 Å². The normalized spacial score (nSPS) is 11.3. The van der Waals surface area contributed by atoms with Gasteiger partial charge >= 0.3 is 0 Å². The Morgan fingerprint density at radius 2 is 2.00 bits per heavy atom. The molecular formula is C19H18ClNO2. The smallest absolute Gasteiger partial charge is 0.199 e. The Hall–Kier alpha value is -2.13. The highest BCUT2D eigenvalue weighted by molar-refractivity contribution is 6.31. The number of oxazole rings is 1. The molecular weight excluding hydrogens is 310 g/mol. The summed E-state index contributed by atoms with van der Waals surface area (Å²) in [6.45, 7) is 3.82. The molecule has 2 aromatic carbocycles. The maximum atomic E-state index is 11.8. The van der Waals surface area contributed by atoms with Crippen molar-refractivity contribution in [3.05, 3.63) is 64.5 Å². The molecule has 3 nitrogen and oxygen atoms in total. The molecule has 23 heavy (non-hydrogen) atoms. The minimum atomic E-state index is 0.0354. The van der Waals surface area contributed by atoms with Crippen molar-refractivity contribution in [3.8, 4) is 0 Å². The van der Waals surface area contributed by atoms with Crippen LogP contribution in [0.4, 0.5) is 0 Å². The zero-order chi connectivity index (χ0) is 16.4. The van der Waals surface area contributed by atoms with Crippen LogP contribution >= 0.6 is 11.6 Å². The van der Waals surface area contributed by atoms with Crippen molar-refractivity contribution in [3.63, 3.8) is 0 Å². The first-order valence-corrected chi connectivity index (χ1v) is 8.05. The Bertz CT molecular complexity index is 818. The molecule has 0 unspecified atom stereocenters. The summed E-state index contributed by atoms with van der Waals surface area (Å²) in [7, 11) is 0. The number of benzene rings is 2. The van der Waals surface area contributed by atoms with Crippen LogP contribution in [0.2, 0.25) is 5.02 Å². The van der Waals surface area contributed by atoms with Gasteiger partial charge < -0.3 is 4.42 Å². The zero-order valence-electron chi connectivity index (χ0n) is 13.2. The fourth-order valence-corrected chi connectivity index (χ4v) is 2.68. The number of para-hydroxylation sites is 2. The van der Waals surface area contributed by atoms with Gasteiger partial charge in [0.15, 0.2) is 11.5 Å². The first-order valence-electron chi connectivity index (χ1n) is 7.67. The van der Waals surface area contributed by atoms with Crippen LogP contribution in [0.5, 0.6) is 0 Å². The minimum Gasteiger partial charge on any atom is -0.440 e. The van der Waals surface area contributed by atoms with E-state index in [1.807, 2.05) is 56.3 Å². The summed E-state index contributed by atoms with van der Waals surface area (Å²) in [5.41, 5.74) is 3.50. The number of carbonyl (C=O) groups excluding carboxylic acids is 1. The molecule has 0 atom stereocenters. The maximum absolute atomic E-state index is 11.8. The molecule has 0 N–H and O–H groups in total. The van der Waals surface area contributed by atoms with Gasteiger partial charge in [-0.15, -0.1) is 0 Å². The molecule has 0 saturated carbocycles. The van der Waals surface area contributed by atoms with E-state index in [4.69, 9.17) is 16.0 Å². The summed E-state index contributed by atoms with van der Waals surface area (Å²) in [5, 5.41) is 0.640. The van der Waals surface area contributed by atoms with Crippen LogP contribution in [0.1, 0.15) is 30.9 Å². The fraction of sp³-hybridized carbons (Fsp3) is 0.263. The number of nitrogens with zero attached hydrogens (tertiary/aromatic N) is 1. The molecule has 0 amide bonds. The Balaban J connectivity index is 1.79. The lowest BCUT2D eigenvalue weighted by molar-refractivity contribution is -0.121. The van der Waals surface area contributed by atoms with E-state index >= 15 is 0 Å². The number of aromatic nitrogens is 1. The van der Waals surface area contributed by atoms with Gasteiger partial charge in [-0.1, -0.05) is 49.7 Å². The second-order valence-electron chi connectivity index (χ2n) is 5.98. The molecule has 3 rings (SSSR count). The standard InChI is InChI=1S/C19H18ClNO2/c1-12(2)17(22)10-13-7-8-14(15(20)9-13)11-19-21-16-5-3-4-6-18(16)23-19/h3-9,12H,10-11H2,1-2H3. The van der Waals surface area contributed by atoms with Crippen molar-refractivity contribution in [1.29, 1.82) is 0 Å². The molecule has 0 fully saturated rings. The predicted octanol–water partition coefficient (Wildman–Crippen LogP) is 4.84. The summed E-state index contributed by atoms with van der Waals surface area (Å²) in [4.78, 5) is 16.3. The molecule has 1 aromatic heterocycles. The number of carbonyl (C=O) groups is 1. The summed E-state index contributed by atoms with van der Waals surface area (Å²) in [6.07, 6.45) is 0.951. The molecule has 0 spiro atoms. The molecule has 1 heterocycles. The average molecular weight is 328 g/mol. The molecule has 0 radical (unpaired) electrons. The molecule has 4 heteroatoms. The van der Waals surface area contributed by atoms with E-state index in [1.165, 1.54) is 0 Å². The van der Waals surface area contributed by atoms with Crippen molar-refractivity contribution in [2.75, 3.05) is 0 Å². The van der Waals surface area contributed by atoms with Gasteiger partial charge in [0, 0.05) is 17.4 Å². The van der Waals surface area contributed by atoms with Gasteiger partial charge in [-0.05, 0) is 29.3 Å². The third-order valence-corrected chi connectivity index (χ3v) is 4.17. The summed E-state index contributed by atoms with van der Waals surface area (Å²) < 4.78 is 5.73. The molecule has 118 valence electrons. The van der Waals surface area contributed by atoms with Gasteiger partial charge in [0.2, 0.25) is 0 Å². The van der Waals surface area contributed by atoms with Crippen molar-refractivity contribution >= 4 is 28.5 Å². The number of ketones is 1. The van der Waals surface area contributed by atoms with E-state index in [1.54, 1.807) is 0 Å². The molecule has 0 saturated heterocycles. The maximum Gasteiger partial charge on any atom is 0.199 e. The number of Topliss-reactive ketones (excluding diaryl/α,β-unsaturated/α-hetero) is 1. The molecule has 0 aliphatic rings. The van der Waals surface area contributed by atoms with Crippen LogP contribution in [0.15, 0.2) is 46.9 Å². The third-order valence-electron chi connectivity index (χ3n) is 3.82. The summed E-state index contributed by atoms with van der Waals surface area (Å²) in [5.74, 6) is 0.889. The monoisotopic (exact) mass is 327 g/mol. The zero-order valence-corrected chi connectivity index (χ0v) is 13.9. The van der Waals surface area contributed by atoms with Crippen LogP contribution in [0.3, 0.4) is 0 Å². The van der Waals surface area contributed by atoms with Gasteiger partial charge in [-0.25, -0.2) is 4.98 Å². The van der Waals surface area contributed by atoms with E-state index < -0.39 is 0 Å². The Labute approximate surface area is 140 Å². The molecule has 0 aliphatic heterocycles. The lowest BCUT2D eigenvalue weighted by Gasteiger charge is -2.07. The highest BCUT2D eigenvalue weighted by Gasteiger charge is 2.12. The van der Waals surface area contributed by atoms with Crippen molar-refractivity contribution < 1.29 is 9.21 Å². The van der Waals surface area contributed by atoms with Gasteiger partial charge in [-0.2, -0.15) is 0 Å². The number of hydrogen-bond donors (Lipinski definition) is 0. The number of fused-ring (bicyclic) bond motifs is 1. The number of hydrogen-bond acceptors (Lipinski definition) is 3. The highest BCUT2D eigenvalue weighted by Crippen LogP contribution is 2.23. The van der Waals surface area contributed by atoms with E-state index in [9.17, 15) is 4.79 Å². The Morgan fingerprint density at radius 1 is 1.22 bits per heavy atom. The highest BCUT2D eigenvalue weighted by atomic mass is 35.5. The first kappa shape index (κ1) is 15.8. The molecule has 0 aliphatic carbocycles. The predicted molar refractivity (Wildman–Crippen MR) is 91.8 cm³/mol. The fourth-order valence-electron chi connectivity index (χ4n) is 2.41. The number of halogens is 1. The second kappa shape index (κ2) is 6.55. The van der Waals surface area contributed by atoms with Crippen LogP contribution in [-0.4, -0.2) is 10.8 Å². The largest absolute Gasteiger partial charge is 0.440 e. The first-order chi connectivity index (χ1) is 11.0. The van der Waals surface area contributed by atoms with Gasteiger partial charge in [-0.3, -0.25) is 4.79 Å². The SMILES string of the molecule is CC(C)C(=O)Cc1ccc(Cc2nc3ccccc3o2)c(Cl)c1. The van der Waals surface area contributed by atoms with Gasteiger partial charge in [0.25, 0.3) is 0 Å². The topological polar surface area (TPSA) is 43.1 Å². The van der Waals surface area contributed by atoms with Crippen LogP contribution in [-0.2, 0) is 17.6 Å². The van der Waals surface area contributed by atoms with Crippen molar-refractivity contribution in [2.24, 2.45) is 5.92 Å². The van der Waals surface area contributed by atoms with E-state index in [0.29, 0.717) is 23.8 Å². The minimum absolute atomic E-state index is 0.0354. The van der Waals surface area contributed by atoms with Gasteiger partial charge in [0.05, 0.1) is 6.42 Å². The summed E-state index contributed by atoms with van der Waals surface area (Å²) >= 11 is 6.36.